The number of aryl methyl sites for hydroxylation is 1. The first kappa shape index (κ1) is 24.5. The quantitative estimate of drug-likeness (QED) is 0.207. The van der Waals surface area contributed by atoms with Crippen molar-refractivity contribution in [1.29, 1.82) is 0 Å². The van der Waals surface area contributed by atoms with Gasteiger partial charge in [0.1, 0.15) is 5.75 Å². The number of carbonyl (C=O) groups is 1. The van der Waals surface area contributed by atoms with Crippen LogP contribution in [0.5, 0.6) is 5.75 Å². The first-order chi connectivity index (χ1) is 12.1. The van der Waals surface area contributed by atoms with Crippen LogP contribution in [-0.4, -0.2) is 52.3 Å². The number of halogens is 1. The van der Waals surface area contributed by atoms with Crippen LogP contribution in [0.3, 0.4) is 0 Å². The fourth-order valence-electron chi connectivity index (χ4n) is 2.07. The summed E-state index contributed by atoms with van der Waals surface area (Å²) in [5, 5.41) is 8.93. The van der Waals surface area contributed by atoms with Gasteiger partial charge in [-0.05, 0) is 25.0 Å². The number of nitrogens with zero attached hydrogens (tertiary/aromatic N) is 1. The molecule has 0 aliphatic rings. The topological polar surface area (TPSA) is 84.0 Å². The molecule has 0 spiro atoms. The molecule has 7 nitrogen and oxygen atoms in total. The largest absolute Gasteiger partial charge is 0.493 e. The van der Waals surface area contributed by atoms with Crippen molar-refractivity contribution in [1.82, 2.24) is 16.0 Å². The van der Waals surface area contributed by atoms with E-state index in [1.807, 2.05) is 19.1 Å². The maximum Gasteiger partial charge on any atom is 0.239 e. The van der Waals surface area contributed by atoms with E-state index >= 15 is 0 Å². The molecule has 1 aromatic carbocycles. The molecule has 1 rings (SSSR count). The Labute approximate surface area is 173 Å². The van der Waals surface area contributed by atoms with Crippen LogP contribution in [0.25, 0.3) is 0 Å². The third-order valence-corrected chi connectivity index (χ3v) is 3.40. The minimum absolute atomic E-state index is 0. The van der Waals surface area contributed by atoms with Gasteiger partial charge in [0.25, 0.3) is 0 Å². The first-order valence-corrected chi connectivity index (χ1v) is 8.53. The van der Waals surface area contributed by atoms with Gasteiger partial charge in [0.05, 0.1) is 19.8 Å². The normalized spacial score (nSPS) is 10.7. The standard InChI is InChI=1S/C18H30N4O3.HI/c1-5-9-25-16-11-14(2)6-7-15(16)12-21-18(19-3)22-13-17(23)20-8-10-24-4;/h6-7,11H,5,8-10,12-13H2,1-4H3,(H,20,23)(H2,19,21,22);1H. The van der Waals surface area contributed by atoms with E-state index in [0.29, 0.717) is 32.3 Å². The van der Waals surface area contributed by atoms with E-state index in [2.05, 4.69) is 33.9 Å². The van der Waals surface area contributed by atoms with Crippen molar-refractivity contribution >= 4 is 35.8 Å². The molecule has 0 fully saturated rings. The van der Waals surface area contributed by atoms with Crippen molar-refractivity contribution in [2.45, 2.75) is 26.8 Å². The van der Waals surface area contributed by atoms with Gasteiger partial charge in [0.15, 0.2) is 5.96 Å². The lowest BCUT2D eigenvalue weighted by atomic mass is 10.1. The third-order valence-electron chi connectivity index (χ3n) is 3.40. The van der Waals surface area contributed by atoms with Crippen molar-refractivity contribution < 1.29 is 14.3 Å². The highest BCUT2D eigenvalue weighted by molar-refractivity contribution is 14.0. The Bertz CT molecular complexity index is 567. The lowest BCUT2D eigenvalue weighted by Gasteiger charge is -2.15. The van der Waals surface area contributed by atoms with Crippen LogP contribution in [0.1, 0.15) is 24.5 Å². The second kappa shape index (κ2) is 14.6. The highest BCUT2D eigenvalue weighted by Crippen LogP contribution is 2.20. The number of guanidine groups is 1. The zero-order chi connectivity index (χ0) is 18.5. The van der Waals surface area contributed by atoms with Crippen LogP contribution >= 0.6 is 24.0 Å². The molecule has 0 saturated heterocycles. The van der Waals surface area contributed by atoms with E-state index in [4.69, 9.17) is 9.47 Å². The molecule has 1 aromatic rings. The Morgan fingerprint density at radius 1 is 1.19 bits per heavy atom. The number of rotatable bonds is 10. The Hall–Kier alpha value is -1.55. The predicted octanol–water partition coefficient (Wildman–Crippen LogP) is 1.83. The first-order valence-electron chi connectivity index (χ1n) is 8.53. The number of hydrogen-bond donors (Lipinski definition) is 3. The smallest absolute Gasteiger partial charge is 0.239 e. The minimum Gasteiger partial charge on any atom is -0.493 e. The number of nitrogens with one attached hydrogen (secondary N) is 3. The van der Waals surface area contributed by atoms with Crippen molar-refractivity contribution in [2.24, 2.45) is 4.99 Å². The molecule has 1 amide bonds. The average Bonchev–Trinajstić information content (AvgIpc) is 2.61. The van der Waals surface area contributed by atoms with Crippen LogP contribution in [0.4, 0.5) is 0 Å². The van der Waals surface area contributed by atoms with Crippen molar-refractivity contribution in [3.63, 3.8) is 0 Å². The minimum atomic E-state index is -0.109. The molecular weight excluding hydrogens is 447 g/mol. The number of amides is 1. The Kier molecular flexibility index (Phi) is 13.7. The van der Waals surface area contributed by atoms with Gasteiger partial charge in [-0.25, -0.2) is 0 Å². The molecule has 0 bridgehead atoms. The van der Waals surface area contributed by atoms with E-state index in [0.717, 1.165) is 23.3 Å². The number of ether oxygens (including phenoxy) is 2. The van der Waals surface area contributed by atoms with Crippen molar-refractivity contribution in [2.75, 3.05) is 40.5 Å². The van der Waals surface area contributed by atoms with Gasteiger partial charge >= 0.3 is 0 Å². The number of carbonyl (C=O) groups excluding carboxylic acids is 1. The second-order valence-corrected chi connectivity index (χ2v) is 5.58. The molecule has 148 valence electrons. The molecule has 0 unspecified atom stereocenters. The Morgan fingerprint density at radius 2 is 1.96 bits per heavy atom. The second-order valence-electron chi connectivity index (χ2n) is 5.58. The molecule has 3 N–H and O–H groups in total. The van der Waals surface area contributed by atoms with E-state index in [-0.39, 0.29) is 36.4 Å². The maximum absolute atomic E-state index is 11.7. The summed E-state index contributed by atoms with van der Waals surface area (Å²) in [6.45, 7) is 6.50. The molecule has 0 heterocycles. The molecule has 8 heteroatoms. The zero-order valence-electron chi connectivity index (χ0n) is 16.1. The van der Waals surface area contributed by atoms with Gasteiger partial charge in [-0.1, -0.05) is 19.1 Å². The molecule has 0 saturated carbocycles. The maximum atomic E-state index is 11.7. The number of methoxy groups -OCH3 is 1. The molecule has 0 aliphatic carbocycles. The molecule has 0 aliphatic heterocycles. The number of aliphatic imine (C=N–C) groups is 1. The van der Waals surface area contributed by atoms with Crippen LogP contribution in [0.15, 0.2) is 23.2 Å². The van der Waals surface area contributed by atoms with Crippen molar-refractivity contribution in [3.8, 4) is 5.75 Å². The van der Waals surface area contributed by atoms with E-state index in [1.54, 1.807) is 14.2 Å². The fourth-order valence-corrected chi connectivity index (χ4v) is 2.07. The summed E-state index contributed by atoms with van der Waals surface area (Å²) in [5.74, 6) is 1.33. The molecule has 26 heavy (non-hydrogen) atoms. The Balaban J connectivity index is 0.00000625. The molecular formula is C18H31IN4O3. The third kappa shape index (κ3) is 9.81. The Morgan fingerprint density at radius 3 is 2.62 bits per heavy atom. The van der Waals surface area contributed by atoms with Gasteiger partial charge in [-0.2, -0.15) is 0 Å². The summed E-state index contributed by atoms with van der Waals surface area (Å²) in [5.41, 5.74) is 2.21. The fraction of sp³-hybridized carbons (Fsp3) is 0.556. The summed E-state index contributed by atoms with van der Waals surface area (Å²) in [7, 11) is 3.27. The van der Waals surface area contributed by atoms with Gasteiger partial charge in [0.2, 0.25) is 5.91 Å². The van der Waals surface area contributed by atoms with Gasteiger partial charge < -0.3 is 25.4 Å². The average molecular weight is 478 g/mol. The molecule has 0 aromatic heterocycles. The van der Waals surface area contributed by atoms with Crippen molar-refractivity contribution in [3.05, 3.63) is 29.3 Å². The van der Waals surface area contributed by atoms with Gasteiger partial charge in [0, 0.05) is 32.8 Å². The summed E-state index contributed by atoms with van der Waals surface area (Å²) in [6, 6.07) is 6.12. The summed E-state index contributed by atoms with van der Waals surface area (Å²) >= 11 is 0. The lowest BCUT2D eigenvalue weighted by Crippen LogP contribution is -2.43. The molecule has 0 radical (unpaired) electrons. The lowest BCUT2D eigenvalue weighted by molar-refractivity contribution is -0.120. The van der Waals surface area contributed by atoms with Gasteiger partial charge in [-0.3, -0.25) is 9.79 Å². The van der Waals surface area contributed by atoms with Crippen LogP contribution in [0, 0.1) is 6.92 Å². The highest BCUT2D eigenvalue weighted by atomic mass is 127. The van der Waals surface area contributed by atoms with Crippen LogP contribution in [-0.2, 0) is 16.1 Å². The molecule has 0 atom stereocenters. The number of benzene rings is 1. The SMILES string of the molecule is CCCOc1cc(C)ccc1CNC(=NC)NCC(=O)NCCOC.I. The zero-order valence-corrected chi connectivity index (χ0v) is 18.4. The predicted molar refractivity (Wildman–Crippen MR) is 115 cm³/mol. The number of hydrogen-bond acceptors (Lipinski definition) is 4. The van der Waals surface area contributed by atoms with Crippen LogP contribution in [0.2, 0.25) is 0 Å². The van der Waals surface area contributed by atoms with E-state index < -0.39 is 0 Å². The summed E-state index contributed by atoms with van der Waals surface area (Å²) < 4.78 is 10.7. The highest BCUT2D eigenvalue weighted by Gasteiger charge is 2.07. The van der Waals surface area contributed by atoms with E-state index in [9.17, 15) is 4.79 Å². The van der Waals surface area contributed by atoms with E-state index in [1.165, 1.54) is 0 Å². The summed E-state index contributed by atoms with van der Waals surface area (Å²) in [4.78, 5) is 15.8. The summed E-state index contributed by atoms with van der Waals surface area (Å²) in [6.07, 6.45) is 0.961. The van der Waals surface area contributed by atoms with Crippen LogP contribution < -0.4 is 20.7 Å². The van der Waals surface area contributed by atoms with Gasteiger partial charge in [-0.15, -0.1) is 24.0 Å². The monoisotopic (exact) mass is 478 g/mol.